The lowest BCUT2D eigenvalue weighted by Crippen LogP contribution is -2.24. The number of hydrogen-bond donors (Lipinski definition) is 1. The number of methoxy groups -OCH3 is 2. The Labute approximate surface area is 143 Å². The predicted octanol–water partition coefficient (Wildman–Crippen LogP) is 3.76. The Bertz CT molecular complexity index is 643. The first-order valence-electron chi connectivity index (χ1n) is 8.19. The van der Waals surface area contributed by atoms with Crippen LogP contribution in [0.1, 0.15) is 34.3 Å². The van der Waals surface area contributed by atoms with Crippen LogP contribution >= 0.6 is 0 Å². The molecule has 0 saturated carbocycles. The number of carbonyl (C=O) groups excluding carboxylic acids is 1. The van der Waals surface area contributed by atoms with Crippen LogP contribution in [0.5, 0.6) is 11.5 Å². The Morgan fingerprint density at radius 2 is 1.58 bits per heavy atom. The van der Waals surface area contributed by atoms with Crippen LogP contribution in [0.4, 0.5) is 0 Å². The van der Waals surface area contributed by atoms with E-state index in [2.05, 4.69) is 36.5 Å². The molecule has 2 rings (SSSR count). The Morgan fingerprint density at radius 1 is 0.958 bits per heavy atom. The molecule has 4 heteroatoms. The van der Waals surface area contributed by atoms with Gasteiger partial charge in [0.05, 0.1) is 14.2 Å². The zero-order valence-electron chi connectivity index (χ0n) is 14.6. The maximum absolute atomic E-state index is 12.2. The molecule has 0 heterocycles. The molecule has 0 aromatic heterocycles. The summed E-state index contributed by atoms with van der Waals surface area (Å²) in [5.41, 5.74) is 3.16. The van der Waals surface area contributed by atoms with E-state index in [0.29, 0.717) is 23.6 Å². The highest BCUT2D eigenvalue weighted by Gasteiger charge is 2.09. The van der Waals surface area contributed by atoms with Crippen molar-refractivity contribution in [1.82, 2.24) is 5.32 Å². The van der Waals surface area contributed by atoms with Gasteiger partial charge >= 0.3 is 0 Å². The number of benzene rings is 2. The highest BCUT2D eigenvalue weighted by molar-refractivity contribution is 5.95. The standard InChI is InChI=1S/C20H25NO3/c1-15-7-9-16(10-8-15)6-4-5-11-21-20(22)17-12-18(23-2)14-19(13-17)24-3/h7-10,12-14H,4-6,11H2,1-3H3,(H,21,22). The van der Waals surface area contributed by atoms with Gasteiger partial charge in [-0.2, -0.15) is 0 Å². The zero-order valence-corrected chi connectivity index (χ0v) is 14.6. The maximum atomic E-state index is 12.2. The molecule has 0 saturated heterocycles. The average molecular weight is 327 g/mol. The third-order valence-corrected chi connectivity index (χ3v) is 3.91. The molecule has 2 aromatic carbocycles. The summed E-state index contributed by atoms with van der Waals surface area (Å²) in [7, 11) is 3.14. The number of hydrogen-bond acceptors (Lipinski definition) is 3. The van der Waals surface area contributed by atoms with Crippen molar-refractivity contribution in [2.45, 2.75) is 26.2 Å². The number of unbranched alkanes of at least 4 members (excludes halogenated alkanes) is 1. The van der Waals surface area contributed by atoms with Crippen LogP contribution in [0.3, 0.4) is 0 Å². The molecule has 0 bridgehead atoms. The number of rotatable bonds is 8. The van der Waals surface area contributed by atoms with Crippen molar-refractivity contribution in [3.63, 3.8) is 0 Å². The molecule has 0 spiro atoms. The van der Waals surface area contributed by atoms with Crippen LogP contribution < -0.4 is 14.8 Å². The summed E-state index contributed by atoms with van der Waals surface area (Å²) in [5.74, 6) is 1.11. The number of nitrogens with one attached hydrogen (secondary N) is 1. The topological polar surface area (TPSA) is 47.6 Å². The van der Waals surface area contributed by atoms with Gasteiger partial charge in [-0.25, -0.2) is 0 Å². The first-order chi connectivity index (χ1) is 11.6. The lowest BCUT2D eigenvalue weighted by Gasteiger charge is -2.09. The van der Waals surface area contributed by atoms with Gasteiger partial charge in [-0.3, -0.25) is 4.79 Å². The third-order valence-electron chi connectivity index (χ3n) is 3.91. The highest BCUT2D eigenvalue weighted by atomic mass is 16.5. The summed E-state index contributed by atoms with van der Waals surface area (Å²) in [6, 6.07) is 13.8. The van der Waals surface area contributed by atoms with E-state index < -0.39 is 0 Å². The van der Waals surface area contributed by atoms with Crippen LogP contribution in [0.2, 0.25) is 0 Å². The fraction of sp³-hybridized carbons (Fsp3) is 0.350. The van der Waals surface area contributed by atoms with Gasteiger partial charge in [-0.1, -0.05) is 29.8 Å². The van der Waals surface area contributed by atoms with E-state index in [4.69, 9.17) is 9.47 Å². The van der Waals surface area contributed by atoms with Crippen molar-refractivity contribution >= 4 is 5.91 Å². The third kappa shape index (κ3) is 5.30. The molecule has 0 aliphatic rings. The van der Waals surface area contributed by atoms with Gasteiger partial charge < -0.3 is 14.8 Å². The number of carbonyl (C=O) groups is 1. The van der Waals surface area contributed by atoms with Gasteiger partial charge in [-0.15, -0.1) is 0 Å². The largest absolute Gasteiger partial charge is 0.497 e. The first kappa shape index (κ1) is 17.9. The van der Waals surface area contributed by atoms with Crippen LogP contribution in [0.25, 0.3) is 0 Å². The van der Waals surface area contributed by atoms with Crippen LogP contribution in [-0.4, -0.2) is 26.7 Å². The Morgan fingerprint density at radius 3 is 2.17 bits per heavy atom. The van der Waals surface area contributed by atoms with Gasteiger partial charge in [0.2, 0.25) is 0 Å². The molecule has 24 heavy (non-hydrogen) atoms. The van der Waals surface area contributed by atoms with E-state index >= 15 is 0 Å². The summed E-state index contributed by atoms with van der Waals surface area (Å²) in [5, 5.41) is 2.95. The van der Waals surface area contributed by atoms with Crippen molar-refractivity contribution in [2.75, 3.05) is 20.8 Å². The van der Waals surface area contributed by atoms with E-state index in [-0.39, 0.29) is 5.91 Å². The first-order valence-corrected chi connectivity index (χ1v) is 8.19. The van der Waals surface area contributed by atoms with Crippen molar-refractivity contribution < 1.29 is 14.3 Å². The smallest absolute Gasteiger partial charge is 0.251 e. The van der Waals surface area contributed by atoms with E-state index in [1.165, 1.54) is 11.1 Å². The maximum Gasteiger partial charge on any atom is 0.251 e. The quantitative estimate of drug-likeness (QED) is 0.751. The monoisotopic (exact) mass is 327 g/mol. The summed E-state index contributed by atoms with van der Waals surface area (Å²) < 4.78 is 10.4. The number of ether oxygens (including phenoxy) is 2. The van der Waals surface area contributed by atoms with E-state index in [0.717, 1.165) is 19.3 Å². The van der Waals surface area contributed by atoms with Gasteiger partial charge in [-0.05, 0) is 43.9 Å². The summed E-state index contributed by atoms with van der Waals surface area (Å²) >= 11 is 0. The fourth-order valence-electron chi connectivity index (χ4n) is 2.45. The van der Waals surface area contributed by atoms with Crippen LogP contribution in [0.15, 0.2) is 42.5 Å². The van der Waals surface area contributed by atoms with E-state index in [1.54, 1.807) is 32.4 Å². The predicted molar refractivity (Wildman–Crippen MR) is 96.0 cm³/mol. The molecule has 0 radical (unpaired) electrons. The van der Waals surface area contributed by atoms with Gasteiger partial charge in [0.25, 0.3) is 5.91 Å². The zero-order chi connectivity index (χ0) is 17.4. The molecule has 1 N–H and O–H groups in total. The molecular weight excluding hydrogens is 302 g/mol. The van der Waals surface area contributed by atoms with Gasteiger partial charge in [0, 0.05) is 18.2 Å². The molecule has 0 aliphatic heterocycles. The molecule has 0 fully saturated rings. The molecular formula is C20H25NO3. The highest BCUT2D eigenvalue weighted by Crippen LogP contribution is 2.22. The number of aryl methyl sites for hydroxylation is 2. The minimum absolute atomic E-state index is 0.109. The second kappa shape index (κ2) is 8.96. The van der Waals surface area contributed by atoms with Crippen molar-refractivity contribution in [2.24, 2.45) is 0 Å². The summed E-state index contributed by atoms with van der Waals surface area (Å²) in [6.07, 6.45) is 3.02. The molecule has 4 nitrogen and oxygen atoms in total. The van der Waals surface area contributed by atoms with Crippen molar-refractivity contribution in [3.05, 3.63) is 59.2 Å². The Hall–Kier alpha value is -2.49. The SMILES string of the molecule is COc1cc(OC)cc(C(=O)NCCCCc2ccc(C)cc2)c1. The molecule has 0 aliphatic carbocycles. The second-order valence-corrected chi connectivity index (χ2v) is 5.80. The van der Waals surface area contributed by atoms with Crippen molar-refractivity contribution in [3.8, 4) is 11.5 Å². The van der Waals surface area contributed by atoms with Crippen LogP contribution in [0, 0.1) is 6.92 Å². The van der Waals surface area contributed by atoms with Crippen LogP contribution in [-0.2, 0) is 6.42 Å². The molecule has 1 amide bonds. The molecule has 128 valence electrons. The molecule has 0 unspecified atom stereocenters. The van der Waals surface area contributed by atoms with Crippen molar-refractivity contribution in [1.29, 1.82) is 0 Å². The second-order valence-electron chi connectivity index (χ2n) is 5.80. The number of amides is 1. The van der Waals surface area contributed by atoms with Gasteiger partial charge in [0.15, 0.2) is 0 Å². The summed E-state index contributed by atoms with van der Waals surface area (Å²) in [4.78, 5) is 12.2. The lowest BCUT2D eigenvalue weighted by molar-refractivity contribution is 0.0952. The Kier molecular flexibility index (Phi) is 6.67. The molecule has 2 aromatic rings. The lowest BCUT2D eigenvalue weighted by atomic mass is 10.1. The van der Waals surface area contributed by atoms with E-state index in [9.17, 15) is 4.79 Å². The minimum Gasteiger partial charge on any atom is -0.497 e. The molecule has 0 atom stereocenters. The Balaban J connectivity index is 1.77. The fourth-order valence-corrected chi connectivity index (χ4v) is 2.45. The summed E-state index contributed by atoms with van der Waals surface area (Å²) in [6.45, 7) is 2.75. The average Bonchev–Trinajstić information content (AvgIpc) is 2.62. The minimum atomic E-state index is -0.109. The normalized spacial score (nSPS) is 10.3. The van der Waals surface area contributed by atoms with E-state index in [1.807, 2.05) is 0 Å². The van der Waals surface area contributed by atoms with Gasteiger partial charge in [0.1, 0.15) is 11.5 Å².